The molecular formula is C21H26O6. The maximum Gasteiger partial charge on any atom is 0.508 e. The van der Waals surface area contributed by atoms with Crippen LogP contribution in [0.1, 0.15) is 44.6 Å². The first-order valence-electron chi connectivity index (χ1n) is 9.54. The summed E-state index contributed by atoms with van der Waals surface area (Å²) in [4.78, 5) is 24.4. The van der Waals surface area contributed by atoms with Gasteiger partial charge in [-0.25, -0.2) is 4.79 Å². The van der Waals surface area contributed by atoms with Gasteiger partial charge in [-0.05, 0) is 38.3 Å². The zero-order chi connectivity index (χ0) is 19.2. The first-order chi connectivity index (χ1) is 13.1. The highest BCUT2D eigenvalue weighted by Gasteiger charge is 2.42. The summed E-state index contributed by atoms with van der Waals surface area (Å²) in [5, 5.41) is 0. The fraction of sp³-hybridized carbons (Fsp3) is 0.524. The van der Waals surface area contributed by atoms with Crippen LogP contribution in [0.25, 0.3) is 0 Å². The molecule has 0 radical (unpaired) electrons. The molecule has 1 aromatic rings. The molecule has 6 nitrogen and oxygen atoms in total. The molecule has 146 valence electrons. The lowest BCUT2D eigenvalue weighted by molar-refractivity contribution is -0.132. The lowest BCUT2D eigenvalue weighted by Gasteiger charge is -2.36. The summed E-state index contributed by atoms with van der Waals surface area (Å²) in [7, 11) is 0. The molecule has 1 aromatic carbocycles. The Morgan fingerprint density at radius 3 is 2.74 bits per heavy atom. The zero-order valence-electron chi connectivity index (χ0n) is 15.8. The summed E-state index contributed by atoms with van der Waals surface area (Å²) in [6.45, 7) is 4.38. The van der Waals surface area contributed by atoms with Crippen LogP contribution in [-0.4, -0.2) is 30.8 Å². The Bertz CT molecular complexity index is 693. The molecule has 2 aliphatic rings. The Labute approximate surface area is 159 Å². The number of fused-ring (bicyclic) bond motifs is 1. The van der Waals surface area contributed by atoms with Crippen molar-refractivity contribution in [2.45, 2.75) is 58.2 Å². The minimum absolute atomic E-state index is 0.0594. The van der Waals surface area contributed by atoms with E-state index in [9.17, 15) is 9.59 Å². The van der Waals surface area contributed by atoms with E-state index in [-0.39, 0.29) is 29.7 Å². The van der Waals surface area contributed by atoms with Crippen LogP contribution >= 0.6 is 0 Å². The molecule has 0 saturated heterocycles. The second-order valence-corrected chi connectivity index (χ2v) is 7.05. The fourth-order valence-corrected chi connectivity index (χ4v) is 3.32. The Morgan fingerprint density at radius 2 is 2.00 bits per heavy atom. The first kappa shape index (κ1) is 19.3. The number of carbonyl (C=O) groups excluding carboxylic acids is 2. The quantitative estimate of drug-likeness (QED) is 0.546. The molecule has 1 heterocycles. The third kappa shape index (κ3) is 5.02. The van der Waals surface area contributed by atoms with E-state index < -0.39 is 6.16 Å². The standard InChI is InChI=1S/C21H26O6/c1-3-4-11-24-21(23)27-16-9-10-17-18(12-16)25-13-19(20(17)22)26-15-7-5-14(2)6-8-15/h5-8,13,16-18H,3-4,9-12H2,1-2H3. The van der Waals surface area contributed by atoms with Crippen LogP contribution in [-0.2, 0) is 19.0 Å². The van der Waals surface area contributed by atoms with Gasteiger partial charge in [-0.15, -0.1) is 0 Å². The molecule has 0 aromatic heterocycles. The van der Waals surface area contributed by atoms with Crippen molar-refractivity contribution in [2.24, 2.45) is 5.92 Å². The molecule has 6 heteroatoms. The van der Waals surface area contributed by atoms with Crippen LogP contribution in [0.5, 0.6) is 5.75 Å². The van der Waals surface area contributed by atoms with E-state index >= 15 is 0 Å². The van der Waals surface area contributed by atoms with Crippen molar-refractivity contribution in [3.05, 3.63) is 41.9 Å². The van der Waals surface area contributed by atoms with Crippen molar-refractivity contribution >= 4 is 11.9 Å². The minimum atomic E-state index is -0.645. The molecule has 0 N–H and O–H groups in total. The number of unbranched alkanes of at least 4 members (excludes halogenated alkanes) is 1. The zero-order valence-corrected chi connectivity index (χ0v) is 15.8. The van der Waals surface area contributed by atoms with Crippen molar-refractivity contribution < 1.29 is 28.5 Å². The van der Waals surface area contributed by atoms with Crippen LogP contribution in [0, 0.1) is 12.8 Å². The number of benzene rings is 1. The Balaban J connectivity index is 1.54. The number of ether oxygens (including phenoxy) is 4. The average Bonchev–Trinajstić information content (AvgIpc) is 2.66. The monoisotopic (exact) mass is 374 g/mol. The number of aryl methyl sites for hydroxylation is 1. The highest BCUT2D eigenvalue weighted by atomic mass is 16.7. The summed E-state index contributed by atoms with van der Waals surface area (Å²) in [6, 6.07) is 7.50. The van der Waals surface area contributed by atoms with E-state index in [1.165, 1.54) is 6.26 Å². The summed E-state index contributed by atoms with van der Waals surface area (Å²) in [5.41, 5.74) is 1.12. The van der Waals surface area contributed by atoms with E-state index in [1.54, 1.807) is 0 Å². The molecule has 27 heavy (non-hydrogen) atoms. The van der Waals surface area contributed by atoms with Gasteiger partial charge in [0.15, 0.2) is 0 Å². The van der Waals surface area contributed by atoms with E-state index in [0.717, 1.165) is 18.4 Å². The number of rotatable bonds is 6. The first-order valence-corrected chi connectivity index (χ1v) is 9.54. The number of ketones is 1. The SMILES string of the molecule is CCCCOC(=O)OC1CCC2C(=O)C(Oc3ccc(C)cc3)=COC2C1. The number of carbonyl (C=O) groups is 2. The maximum absolute atomic E-state index is 12.7. The van der Waals surface area contributed by atoms with Crippen molar-refractivity contribution in [1.29, 1.82) is 0 Å². The van der Waals surface area contributed by atoms with Crippen LogP contribution in [0.2, 0.25) is 0 Å². The summed E-state index contributed by atoms with van der Waals surface area (Å²) >= 11 is 0. The molecule has 3 unspecified atom stereocenters. The molecule has 0 bridgehead atoms. The summed E-state index contributed by atoms with van der Waals surface area (Å²) < 4.78 is 21.8. The van der Waals surface area contributed by atoms with E-state index in [1.807, 2.05) is 38.1 Å². The minimum Gasteiger partial charge on any atom is -0.493 e. The van der Waals surface area contributed by atoms with Crippen LogP contribution < -0.4 is 4.74 Å². The van der Waals surface area contributed by atoms with Crippen molar-refractivity contribution in [1.82, 2.24) is 0 Å². The number of hydrogen-bond donors (Lipinski definition) is 0. The van der Waals surface area contributed by atoms with Gasteiger partial charge in [0.2, 0.25) is 11.5 Å². The second kappa shape index (κ2) is 8.93. The molecule has 0 spiro atoms. The van der Waals surface area contributed by atoms with Gasteiger partial charge in [0.1, 0.15) is 24.2 Å². The molecule has 0 amide bonds. The van der Waals surface area contributed by atoms with E-state index in [2.05, 4.69) is 0 Å². The number of hydrogen-bond acceptors (Lipinski definition) is 6. The van der Waals surface area contributed by atoms with Gasteiger partial charge in [0.05, 0.1) is 12.5 Å². The van der Waals surface area contributed by atoms with E-state index in [4.69, 9.17) is 18.9 Å². The van der Waals surface area contributed by atoms with Crippen molar-refractivity contribution in [3.63, 3.8) is 0 Å². The van der Waals surface area contributed by atoms with Crippen LogP contribution in [0.15, 0.2) is 36.3 Å². The highest BCUT2D eigenvalue weighted by Crippen LogP contribution is 2.35. The average molecular weight is 374 g/mol. The van der Waals surface area contributed by atoms with E-state index in [0.29, 0.717) is 31.6 Å². The number of Topliss-reactive ketones (excluding diaryl/α,β-unsaturated/α-hetero) is 1. The predicted octanol–water partition coefficient (Wildman–Crippen LogP) is 4.31. The van der Waals surface area contributed by atoms with Gasteiger partial charge in [0.25, 0.3) is 0 Å². The fourth-order valence-electron chi connectivity index (χ4n) is 3.32. The molecule has 3 rings (SSSR count). The number of allylic oxidation sites excluding steroid dienone is 1. The lowest BCUT2D eigenvalue weighted by atomic mass is 9.80. The highest BCUT2D eigenvalue weighted by molar-refractivity contribution is 5.96. The summed E-state index contributed by atoms with van der Waals surface area (Å²) in [5.74, 6) is 0.495. The van der Waals surface area contributed by atoms with Gasteiger partial charge in [0, 0.05) is 6.42 Å². The smallest absolute Gasteiger partial charge is 0.493 e. The van der Waals surface area contributed by atoms with Gasteiger partial charge in [-0.3, -0.25) is 4.79 Å². The molecule has 1 saturated carbocycles. The molecule has 1 fully saturated rings. The molecular weight excluding hydrogens is 348 g/mol. The van der Waals surface area contributed by atoms with Gasteiger partial charge >= 0.3 is 6.16 Å². The summed E-state index contributed by atoms with van der Waals surface area (Å²) in [6.07, 6.45) is 3.59. The Morgan fingerprint density at radius 1 is 1.22 bits per heavy atom. The maximum atomic E-state index is 12.7. The largest absolute Gasteiger partial charge is 0.508 e. The predicted molar refractivity (Wildman–Crippen MR) is 98.2 cm³/mol. The topological polar surface area (TPSA) is 71.1 Å². The van der Waals surface area contributed by atoms with Gasteiger partial charge < -0.3 is 18.9 Å². The van der Waals surface area contributed by atoms with Crippen molar-refractivity contribution in [2.75, 3.05) is 6.61 Å². The molecule has 1 aliphatic heterocycles. The second-order valence-electron chi connectivity index (χ2n) is 7.05. The normalized spacial score (nSPS) is 24.3. The van der Waals surface area contributed by atoms with Gasteiger partial charge in [-0.1, -0.05) is 31.0 Å². The Kier molecular flexibility index (Phi) is 6.37. The van der Waals surface area contributed by atoms with Crippen LogP contribution in [0.3, 0.4) is 0 Å². The lowest BCUT2D eigenvalue weighted by Crippen LogP contribution is -2.43. The third-order valence-electron chi connectivity index (χ3n) is 4.90. The Hall–Kier alpha value is -2.50. The van der Waals surface area contributed by atoms with Gasteiger partial charge in [-0.2, -0.15) is 0 Å². The third-order valence-corrected chi connectivity index (χ3v) is 4.90. The van der Waals surface area contributed by atoms with Crippen molar-refractivity contribution in [3.8, 4) is 5.75 Å². The molecule has 1 aliphatic carbocycles. The molecule has 3 atom stereocenters. The van der Waals surface area contributed by atoms with Crippen LogP contribution in [0.4, 0.5) is 4.79 Å².